The minimum atomic E-state index is -0.652. The van der Waals surface area contributed by atoms with Gasteiger partial charge in [0.05, 0.1) is 13.2 Å². The zero-order chi connectivity index (χ0) is 27.4. The third kappa shape index (κ3) is 5.78. The Bertz CT molecular complexity index is 1440. The van der Waals surface area contributed by atoms with Gasteiger partial charge in [0.1, 0.15) is 34.5 Å². The van der Waals surface area contributed by atoms with Crippen LogP contribution in [0.1, 0.15) is 81.0 Å². The summed E-state index contributed by atoms with van der Waals surface area (Å²) in [5.74, 6) is -0.806. The van der Waals surface area contributed by atoms with Crippen molar-refractivity contribution in [3.63, 3.8) is 0 Å². The summed E-state index contributed by atoms with van der Waals surface area (Å²) in [5.41, 5.74) is 0.825. The van der Waals surface area contributed by atoms with Crippen molar-refractivity contribution in [2.75, 3.05) is 7.11 Å². The molecular weight excluding hydrogens is 512 g/mol. The number of pyridine rings is 1. The van der Waals surface area contributed by atoms with Crippen molar-refractivity contribution >= 4 is 29.1 Å². The molecular formula is C25H26N6O6S. The monoisotopic (exact) mass is 538 g/mol. The van der Waals surface area contributed by atoms with Crippen LogP contribution in [0.25, 0.3) is 11.6 Å². The summed E-state index contributed by atoms with van der Waals surface area (Å²) >= 11 is 1.35. The van der Waals surface area contributed by atoms with Gasteiger partial charge in [-0.1, -0.05) is 19.9 Å². The summed E-state index contributed by atoms with van der Waals surface area (Å²) in [6.45, 7) is 7.23. The standard InChI is InChI=1S/C25H26N6O6S/c1-12(2)18(30-20(32)15-8-6-7-9-26-15)24-29-17(11-38-24)23-31-19(14(4)37-23)21(33)27-13(3)22-28-16(10-36-22)25(34)35-5/h6-13,18H,1-5H3,(H,27,33)(H,30,32)/t13-,18-/m0/s1. The van der Waals surface area contributed by atoms with Crippen LogP contribution >= 0.6 is 11.3 Å². The highest BCUT2D eigenvalue weighted by Gasteiger charge is 2.26. The fraction of sp³-hybridized carbons (Fsp3) is 0.320. The number of carbonyl (C=O) groups is 3. The summed E-state index contributed by atoms with van der Waals surface area (Å²) in [4.78, 5) is 54.2. The first-order valence-corrected chi connectivity index (χ1v) is 12.6. The number of methoxy groups -OCH3 is 1. The van der Waals surface area contributed by atoms with E-state index in [1.54, 1.807) is 43.6 Å². The molecule has 4 aromatic rings. The molecule has 13 heteroatoms. The third-order valence-corrected chi connectivity index (χ3v) is 6.43. The molecule has 0 aliphatic rings. The molecule has 0 bridgehead atoms. The molecule has 0 saturated heterocycles. The van der Waals surface area contributed by atoms with E-state index in [0.29, 0.717) is 22.2 Å². The fourth-order valence-electron chi connectivity index (χ4n) is 3.48. The molecule has 0 fully saturated rings. The molecule has 0 aliphatic heterocycles. The first-order chi connectivity index (χ1) is 18.2. The second-order valence-electron chi connectivity index (χ2n) is 8.66. The maximum absolute atomic E-state index is 12.9. The van der Waals surface area contributed by atoms with Crippen molar-refractivity contribution in [1.29, 1.82) is 0 Å². The third-order valence-electron chi connectivity index (χ3n) is 5.50. The van der Waals surface area contributed by atoms with Gasteiger partial charge in [0.15, 0.2) is 11.4 Å². The fourth-order valence-corrected chi connectivity index (χ4v) is 4.50. The van der Waals surface area contributed by atoms with E-state index in [4.69, 9.17) is 8.83 Å². The maximum atomic E-state index is 12.9. The van der Waals surface area contributed by atoms with E-state index >= 15 is 0 Å². The quantitative estimate of drug-likeness (QED) is 0.299. The molecule has 0 saturated carbocycles. The van der Waals surface area contributed by atoms with Crippen molar-refractivity contribution in [2.24, 2.45) is 5.92 Å². The Morgan fingerprint density at radius 3 is 2.50 bits per heavy atom. The summed E-state index contributed by atoms with van der Waals surface area (Å²) in [7, 11) is 1.24. The number of hydrogen-bond donors (Lipinski definition) is 2. The molecule has 2 atom stereocenters. The van der Waals surface area contributed by atoms with Gasteiger partial charge in [-0.2, -0.15) is 0 Å². The molecule has 0 unspecified atom stereocenters. The summed E-state index contributed by atoms with van der Waals surface area (Å²) in [6, 6.07) is 4.12. The van der Waals surface area contributed by atoms with Crippen LogP contribution in [0, 0.1) is 12.8 Å². The number of nitrogens with zero attached hydrogens (tertiary/aromatic N) is 4. The van der Waals surface area contributed by atoms with Crippen LogP contribution in [0.3, 0.4) is 0 Å². The number of carbonyl (C=O) groups excluding carboxylic acids is 3. The van der Waals surface area contributed by atoms with Gasteiger partial charge >= 0.3 is 5.97 Å². The SMILES string of the molecule is COC(=O)c1coc([C@H](C)NC(=O)c2nc(-c3csc([C@@H](NC(=O)c4ccccn4)C(C)C)n3)oc2C)n1. The molecule has 4 heterocycles. The molecule has 38 heavy (non-hydrogen) atoms. The second kappa shape index (κ2) is 11.3. The lowest BCUT2D eigenvalue weighted by Crippen LogP contribution is -2.32. The zero-order valence-corrected chi connectivity index (χ0v) is 22.2. The lowest BCUT2D eigenvalue weighted by atomic mass is 10.0. The molecule has 2 amide bonds. The predicted molar refractivity (Wildman–Crippen MR) is 135 cm³/mol. The van der Waals surface area contributed by atoms with Crippen LogP contribution in [-0.2, 0) is 4.74 Å². The van der Waals surface area contributed by atoms with E-state index in [-0.39, 0.29) is 41.0 Å². The van der Waals surface area contributed by atoms with Gasteiger partial charge in [-0.3, -0.25) is 14.6 Å². The Labute approximate surface area is 221 Å². The van der Waals surface area contributed by atoms with Crippen molar-refractivity contribution in [2.45, 2.75) is 39.8 Å². The topological polar surface area (TPSA) is 162 Å². The Balaban J connectivity index is 1.48. The highest BCUT2D eigenvalue weighted by molar-refractivity contribution is 7.10. The minimum Gasteiger partial charge on any atom is -0.464 e. The molecule has 0 spiro atoms. The van der Waals surface area contributed by atoms with Crippen molar-refractivity contribution in [1.82, 2.24) is 30.6 Å². The van der Waals surface area contributed by atoms with E-state index in [1.807, 2.05) is 13.8 Å². The number of nitrogens with one attached hydrogen (secondary N) is 2. The average Bonchev–Trinajstić information content (AvgIpc) is 3.66. The molecule has 4 aromatic heterocycles. The predicted octanol–water partition coefficient (Wildman–Crippen LogP) is 3.89. The van der Waals surface area contributed by atoms with E-state index in [9.17, 15) is 14.4 Å². The lowest BCUT2D eigenvalue weighted by Gasteiger charge is -2.19. The van der Waals surface area contributed by atoms with Gasteiger partial charge in [0, 0.05) is 11.6 Å². The van der Waals surface area contributed by atoms with Crippen molar-refractivity contribution < 1.29 is 28.0 Å². The molecule has 198 valence electrons. The minimum absolute atomic E-state index is 0.00115. The smallest absolute Gasteiger partial charge is 0.360 e. The van der Waals surface area contributed by atoms with E-state index < -0.39 is 17.9 Å². The molecule has 0 aliphatic carbocycles. The largest absolute Gasteiger partial charge is 0.464 e. The number of hydrogen-bond acceptors (Lipinski definition) is 11. The van der Waals surface area contributed by atoms with Gasteiger partial charge in [-0.25, -0.2) is 19.7 Å². The highest BCUT2D eigenvalue weighted by Crippen LogP contribution is 2.30. The zero-order valence-electron chi connectivity index (χ0n) is 21.3. The van der Waals surface area contributed by atoms with Crippen LogP contribution in [-0.4, -0.2) is 44.8 Å². The van der Waals surface area contributed by atoms with Crippen LogP contribution in [0.5, 0.6) is 0 Å². The van der Waals surface area contributed by atoms with E-state index in [0.717, 1.165) is 6.26 Å². The number of rotatable bonds is 9. The number of ether oxygens (including phenoxy) is 1. The lowest BCUT2D eigenvalue weighted by molar-refractivity contribution is 0.0593. The number of amides is 2. The van der Waals surface area contributed by atoms with Gasteiger partial charge in [0.2, 0.25) is 11.8 Å². The van der Waals surface area contributed by atoms with Gasteiger partial charge < -0.3 is 24.2 Å². The number of thiazole rings is 1. The Kier molecular flexibility index (Phi) is 7.96. The van der Waals surface area contributed by atoms with E-state index in [1.165, 1.54) is 18.4 Å². The molecule has 4 rings (SSSR count). The number of aromatic nitrogens is 4. The van der Waals surface area contributed by atoms with Gasteiger partial charge in [-0.05, 0) is 31.9 Å². The number of aryl methyl sites for hydroxylation is 1. The van der Waals surface area contributed by atoms with Crippen LogP contribution in [0.15, 0.2) is 44.9 Å². The van der Waals surface area contributed by atoms with Crippen LogP contribution in [0.4, 0.5) is 0 Å². The molecule has 0 radical (unpaired) electrons. The Hall–Kier alpha value is -4.39. The maximum Gasteiger partial charge on any atom is 0.360 e. The van der Waals surface area contributed by atoms with Crippen molar-refractivity contribution in [3.05, 3.63) is 69.8 Å². The summed E-state index contributed by atoms with van der Waals surface area (Å²) in [5, 5.41) is 8.13. The molecule has 12 nitrogen and oxygen atoms in total. The van der Waals surface area contributed by atoms with Crippen LogP contribution in [0.2, 0.25) is 0 Å². The first kappa shape index (κ1) is 26.7. The van der Waals surface area contributed by atoms with Crippen molar-refractivity contribution in [3.8, 4) is 11.6 Å². The van der Waals surface area contributed by atoms with E-state index in [2.05, 4.69) is 35.3 Å². The number of esters is 1. The van der Waals surface area contributed by atoms with Crippen LogP contribution < -0.4 is 10.6 Å². The Morgan fingerprint density at radius 2 is 1.82 bits per heavy atom. The summed E-state index contributed by atoms with van der Waals surface area (Å²) < 4.78 is 15.6. The normalized spacial score (nSPS) is 12.7. The number of oxazole rings is 2. The molecule has 2 N–H and O–H groups in total. The second-order valence-corrected chi connectivity index (χ2v) is 9.55. The molecule has 0 aromatic carbocycles. The average molecular weight is 539 g/mol. The Morgan fingerprint density at radius 1 is 1.03 bits per heavy atom. The highest BCUT2D eigenvalue weighted by atomic mass is 32.1. The van der Waals surface area contributed by atoms with Gasteiger partial charge in [0.25, 0.3) is 11.8 Å². The first-order valence-electron chi connectivity index (χ1n) is 11.7. The summed E-state index contributed by atoms with van der Waals surface area (Å²) in [6.07, 6.45) is 2.72. The van der Waals surface area contributed by atoms with Gasteiger partial charge in [-0.15, -0.1) is 11.3 Å².